The number of ether oxygens (including phenoxy) is 1. The number of fused-ring (bicyclic) bond motifs is 1. The van der Waals surface area contributed by atoms with Crippen LogP contribution < -0.4 is 4.74 Å². The maximum Gasteiger partial charge on any atom is 0.126 e. The van der Waals surface area contributed by atoms with Crippen LogP contribution in [0.15, 0.2) is 71.2 Å². The van der Waals surface area contributed by atoms with Gasteiger partial charge in [0.2, 0.25) is 0 Å². The Morgan fingerprint density at radius 1 is 0.839 bits per heavy atom. The lowest BCUT2D eigenvalue weighted by Crippen LogP contribution is -2.45. The second-order valence-corrected chi connectivity index (χ2v) is 8.33. The van der Waals surface area contributed by atoms with Crippen LogP contribution in [0.3, 0.4) is 0 Å². The summed E-state index contributed by atoms with van der Waals surface area (Å²) in [6, 6.07) is 21.2. The summed E-state index contributed by atoms with van der Waals surface area (Å²) in [5, 5.41) is 2.49. The zero-order valence-corrected chi connectivity index (χ0v) is 20.9. The highest BCUT2D eigenvalue weighted by atomic mass is 79.9. The number of nitrogens with zero attached hydrogens (tertiary/aromatic N) is 2. The maximum atomic E-state index is 5.53. The number of benzene rings is 3. The standard InChI is InChI=1S/C25H27BrN2O.2ClH/c1-29-25-13-12-21(22-9-3-4-10-23(22)25)19-28-17-15-27(16-18-28)14-6-8-20-7-2-5-11-24(20)26;;/h2-13H,14-19H2,1H3;2*1H/b8-6+;;. The molecular weight excluding hydrogens is 495 g/mol. The van der Waals surface area contributed by atoms with Crippen LogP contribution in [-0.4, -0.2) is 49.6 Å². The molecule has 0 aromatic heterocycles. The summed E-state index contributed by atoms with van der Waals surface area (Å²) in [7, 11) is 1.74. The van der Waals surface area contributed by atoms with Crippen molar-refractivity contribution in [3.8, 4) is 5.75 Å². The van der Waals surface area contributed by atoms with Gasteiger partial charge in [0, 0.05) is 49.1 Å². The van der Waals surface area contributed by atoms with E-state index in [1.807, 2.05) is 6.07 Å². The van der Waals surface area contributed by atoms with Gasteiger partial charge in [-0.05, 0) is 28.6 Å². The molecule has 1 heterocycles. The fourth-order valence-electron chi connectivity index (χ4n) is 3.96. The van der Waals surface area contributed by atoms with Gasteiger partial charge in [0.15, 0.2) is 0 Å². The summed E-state index contributed by atoms with van der Waals surface area (Å²) in [6.45, 7) is 6.40. The van der Waals surface area contributed by atoms with Gasteiger partial charge in [0.05, 0.1) is 7.11 Å². The topological polar surface area (TPSA) is 15.7 Å². The monoisotopic (exact) mass is 522 g/mol. The van der Waals surface area contributed by atoms with E-state index in [1.165, 1.54) is 21.9 Å². The lowest BCUT2D eigenvalue weighted by molar-refractivity contribution is 0.137. The SMILES string of the molecule is COc1ccc(CN2CCN(C/C=C/c3ccccc3Br)CC2)c2ccccc12.Cl.Cl. The third kappa shape index (κ3) is 6.47. The summed E-state index contributed by atoms with van der Waals surface area (Å²) >= 11 is 3.61. The van der Waals surface area contributed by atoms with E-state index in [0.29, 0.717) is 0 Å². The van der Waals surface area contributed by atoms with Crippen molar-refractivity contribution < 1.29 is 4.74 Å². The molecule has 0 N–H and O–H groups in total. The molecule has 0 radical (unpaired) electrons. The van der Waals surface area contributed by atoms with Crippen molar-refractivity contribution in [2.45, 2.75) is 6.54 Å². The summed E-state index contributed by atoms with van der Waals surface area (Å²) < 4.78 is 6.68. The quantitative estimate of drug-likeness (QED) is 0.378. The minimum absolute atomic E-state index is 0. The van der Waals surface area contributed by atoms with E-state index in [9.17, 15) is 0 Å². The smallest absolute Gasteiger partial charge is 0.126 e. The molecule has 3 nitrogen and oxygen atoms in total. The minimum atomic E-state index is 0. The summed E-state index contributed by atoms with van der Waals surface area (Å²) in [4.78, 5) is 5.08. The average Bonchev–Trinajstić information content (AvgIpc) is 2.76. The van der Waals surface area contributed by atoms with Crippen LogP contribution in [0.25, 0.3) is 16.8 Å². The number of hydrogen-bond donors (Lipinski definition) is 0. The Balaban J connectivity index is 0.00000171. The van der Waals surface area contributed by atoms with Crippen molar-refractivity contribution in [2.75, 3.05) is 39.8 Å². The van der Waals surface area contributed by atoms with Gasteiger partial charge in [0.1, 0.15) is 5.75 Å². The van der Waals surface area contributed by atoms with Gasteiger partial charge in [0.25, 0.3) is 0 Å². The predicted octanol–water partition coefficient (Wildman–Crippen LogP) is 6.29. The first-order valence-electron chi connectivity index (χ1n) is 10.1. The van der Waals surface area contributed by atoms with Crippen molar-refractivity contribution in [3.05, 3.63) is 82.3 Å². The molecule has 6 heteroatoms. The predicted molar refractivity (Wildman–Crippen MR) is 140 cm³/mol. The number of halogens is 3. The molecule has 0 atom stereocenters. The molecule has 0 bridgehead atoms. The van der Waals surface area contributed by atoms with Gasteiger partial charge in [-0.2, -0.15) is 0 Å². The molecule has 166 valence electrons. The van der Waals surface area contributed by atoms with Crippen LogP contribution in [0.5, 0.6) is 5.75 Å². The average molecular weight is 524 g/mol. The van der Waals surface area contributed by atoms with E-state index < -0.39 is 0 Å². The molecule has 31 heavy (non-hydrogen) atoms. The fraction of sp³-hybridized carbons (Fsp3) is 0.280. The van der Waals surface area contributed by atoms with Gasteiger partial charge in [-0.25, -0.2) is 0 Å². The molecule has 0 saturated carbocycles. The molecular formula is C25H29BrCl2N2O. The molecule has 0 amide bonds. The molecule has 1 aliphatic rings. The van der Waals surface area contributed by atoms with Crippen molar-refractivity contribution in [1.82, 2.24) is 9.80 Å². The Hall–Kier alpha value is -1.56. The van der Waals surface area contributed by atoms with Gasteiger partial charge in [-0.3, -0.25) is 9.80 Å². The molecule has 0 spiro atoms. The Bertz CT molecular complexity index is 1000. The van der Waals surface area contributed by atoms with E-state index in [2.05, 4.69) is 92.5 Å². The first-order valence-corrected chi connectivity index (χ1v) is 10.9. The summed E-state index contributed by atoms with van der Waals surface area (Å²) in [5.41, 5.74) is 2.61. The van der Waals surface area contributed by atoms with E-state index in [0.717, 1.165) is 49.5 Å². The zero-order chi connectivity index (χ0) is 20.1. The molecule has 1 saturated heterocycles. The Labute approximate surface area is 206 Å². The van der Waals surface area contributed by atoms with Crippen molar-refractivity contribution in [2.24, 2.45) is 0 Å². The second-order valence-electron chi connectivity index (χ2n) is 7.47. The Kier molecular flexibility index (Phi) is 10.3. The summed E-state index contributed by atoms with van der Waals surface area (Å²) in [5.74, 6) is 0.950. The van der Waals surface area contributed by atoms with Crippen LogP contribution in [0.2, 0.25) is 0 Å². The first-order chi connectivity index (χ1) is 14.2. The maximum absolute atomic E-state index is 5.53. The molecule has 1 aliphatic heterocycles. The Morgan fingerprint density at radius 2 is 1.48 bits per heavy atom. The highest BCUT2D eigenvalue weighted by molar-refractivity contribution is 9.10. The number of hydrogen-bond acceptors (Lipinski definition) is 3. The Morgan fingerprint density at radius 3 is 2.19 bits per heavy atom. The van der Waals surface area contributed by atoms with Crippen molar-refractivity contribution >= 4 is 57.6 Å². The van der Waals surface area contributed by atoms with E-state index >= 15 is 0 Å². The third-order valence-electron chi connectivity index (χ3n) is 5.62. The van der Waals surface area contributed by atoms with Crippen LogP contribution in [0.1, 0.15) is 11.1 Å². The van der Waals surface area contributed by atoms with Crippen LogP contribution in [0, 0.1) is 0 Å². The number of rotatable bonds is 6. The van der Waals surface area contributed by atoms with Gasteiger partial charge in [-0.1, -0.05) is 76.6 Å². The highest BCUT2D eigenvalue weighted by Gasteiger charge is 2.17. The molecule has 0 unspecified atom stereocenters. The minimum Gasteiger partial charge on any atom is -0.496 e. The number of piperazine rings is 1. The van der Waals surface area contributed by atoms with Crippen molar-refractivity contribution in [3.63, 3.8) is 0 Å². The number of methoxy groups -OCH3 is 1. The lowest BCUT2D eigenvalue weighted by Gasteiger charge is -2.34. The largest absolute Gasteiger partial charge is 0.496 e. The van der Waals surface area contributed by atoms with Crippen molar-refractivity contribution in [1.29, 1.82) is 0 Å². The molecule has 4 rings (SSSR count). The molecule has 3 aromatic carbocycles. The zero-order valence-electron chi connectivity index (χ0n) is 17.7. The molecule has 1 fully saturated rings. The van der Waals surface area contributed by atoms with Crippen LogP contribution in [-0.2, 0) is 6.54 Å². The van der Waals surface area contributed by atoms with Crippen LogP contribution >= 0.6 is 40.7 Å². The third-order valence-corrected chi connectivity index (χ3v) is 6.34. The van der Waals surface area contributed by atoms with E-state index in [-0.39, 0.29) is 24.8 Å². The normalized spacial score (nSPS) is 14.9. The lowest BCUT2D eigenvalue weighted by atomic mass is 10.0. The molecule has 0 aliphatic carbocycles. The molecule has 3 aromatic rings. The van der Waals surface area contributed by atoms with Gasteiger partial charge in [-0.15, -0.1) is 24.8 Å². The van der Waals surface area contributed by atoms with E-state index in [1.54, 1.807) is 7.11 Å². The fourth-order valence-corrected chi connectivity index (χ4v) is 4.38. The van der Waals surface area contributed by atoms with Gasteiger partial charge < -0.3 is 4.74 Å². The van der Waals surface area contributed by atoms with E-state index in [4.69, 9.17) is 4.74 Å². The summed E-state index contributed by atoms with van der Waals surface area (Å²) in [6.07, 6.45) is 4.48. The second kappa shape index (κ2) is 12.5. The van der Waals surface area contributed by atoms with Gasteiger partial charge >= 0.3 is 0 Å². The van der Waals surface area contributed by atoms with Crippen LogP contribution in [0.4, 0.5) is 0 Å². The first kappa shape index (κ1) is 25.7. The highest BCUT2D eigenvalue weighted by Crippen LogP contribution is 2.29.